The van der Waals surface area contributed by atoms with E-state index in [1.165, 1.54) is 11.0 Å². The Morgan fingerprint density at radius 3 is 2.66 bits per heavy atom. The van der Waals surface area contributed by atoms with Gasteiger partial charge < -0.3 is 15.0 Å². The van der Waals surface area contributed by atoms with Gasteiger partial charge >= 0.3 is 6.09 Å². The number of nitrogens with zero attached hydrogens (tertiary/aromatic N) is 2. The Morgan fingerprint density at radius 1 is 1.14 bits per heavy atom. The molecule has 9 heteroatoms. The van der Waals surface area contributed by atoms with Gasteiger partial charge in [-0.15, -0.1) is 0 Å². The summed E-state index contributed by atoms with van der Waals surface area (Å²) in [6, 6.07) is 10.3. The number of ketones is 1. The number of amides is 2. The van der Waals surface area contributed by atoms with Crippen molar-refractivity contribution in [3.05, 3.63) is 58.9 Å². The Labute approximate surface area is 209 Å². The van der Waals surface area contributed by atoms with Gasteiger partial charge in [0.15, 0.2) is 5.78 Å². The molecule has 2 aliphatic rings. The maximum atomic E-state index is 14.8. The van der Waals surface area contributed by atoms with Crippen LogP contribution < -0.4 is 15.1 Å². The molecule has 2 aliphatic heterocycles. The molecule has 4 rings (SSSR count). The topological polar surface area (TPSA) is 79.0 Å². The van der Waals surface area contributed by atoms with Crippen LogP contribution in [-0.2, 0) is 9.53 Å². The van der Waals surface area contributed by atoms with E-state index >= 15 is 0 Å². The third-order valence-corrected chi connectivity index (χ3v) is 7.19. The molecule has 0 bridgehead atoms. The van der Waals surface area contributed by atoms with Crippen molar-refractivity contribution in [1.82, 2.24) is 5.32 Å². The van der Waals surface area contributed by atoms with Crippen LogP contribution >= 0.6 is 11.8 Å². The third kappa shape index (κ3) is 5.96. The van der Waals surface area contributed by atoms with Crippen LogP contribution in [0.3, 0.4) is 0 Å². The standard InChI is InChI=1S/C26H30FN3O4S/c1-17-6-7-20(18(2)14-17)23(31)8-9-24(32)28-15-19-16-30(26(33)34-19)22-5-3-4-21(27)25(22)29-10-12-35-13-11-29/h3-7,14,19H,8-13,15-16H2,1-2H3,(H,28,32). The molecule has 1 N–H and O–H groups in total. The number of carbonyl (C=O) groups excluding carboxylic acids is 3. The normalized spacial score (nSPS) is 17.9. The van der Waals surface area contributed by atoms with E-state index in [9.17, 15) is 18.8 Å². The minimum absolute atomic E-state index is 0.0531. The van der Waals surface area contributed by atoms with Gasteiger partial charge in [0, 0.05) is 43.0 Å². The van der Waals surface area contributed by atoms with Crippen LogP contribution in [0.4, 0.5) is 20.6 Å². The molecular weight excluding hydrogens is 469 g/mol. The van der Waals surface area contributed by atoms with Crippen molar-refractivity contribution in [2.45, 2.75) is 32.8 Å². The number of hydrogen-bond acceptors (Lipinski definition) is 6. The van der Waals surface area contributed by atoms with Crippen LogP contribution in [0.2, 0.25) is 0 Å². The average Bonchev–Trinajstić information content (AvgIpc) is 3.22. The van der Waals surface area contributed by atoms with Crippen molar-refractivity contribution in [2.75, 3.05) is 47.5 Å². The van der Waals surface area contributed by atoms with E-state index < -0.39 is 12.2 Å². The van der Waals surface area contributed by atoms with E-state index in [1.54, 1.807) is 18.2 Å². The van der Waals surface area contributed by atoms with E-state index in [1.807, 2.05) is 42.6 Å². The number of Topliss-reactive ketones (excluding diaryl/α,β-unsaturated/α-hetero) is 1. The summed E-state index contributed by atoms with van der Waals surface area (Å²) in [5.74, 6) is 1.07. The molecule has 7 nitrogen and oxygen atoms in total. The zero-order chi connectivity index (χ0) is 24.9. The van der Waals surface area contributed by atoms with E-state index in [2.05, 4.69) is 5.32 Å². The van der Waals surface area contributed by atoms with Crippen LogP contribution in [-0.4, -0.2) is 61.6 Å². The van der Waals surface area contributed by atoms with Crippen molar-refractivity contribution in [3.63, 3.8) is 0 Å². The monoisotopic (exact) mass is 499 g/mol. The fourth-order valence-electron chi connectivity index (χ4n) is 4.45. The van der Waals surface area contributed by atoms with Crippen LogP contribution in [0.1, 0.15) is 34.3 Å². The van der Waals surface area contributed by atoms with Gasteiger partial charge in [0.1, 0.15) is 11.9 Å². The molecule has 2 fully saturated rings. The molecule has 2 aromatic rings. The number of carbonyl (C=O) groups is 3. The maximum absolute atomic E-state index is 14.8. The number of hydrogen-bond donors (Lipinski definition) is 1. The van der Waals surface area contributed by atoms with E-state index in [0.717, 1.165) is 22.6 Å². The van der Waals surface area contributed by atoms with Gasteiger partial charge in [-0.05, 0) is 31.5 Å². The van der Waals surface area contributed by atoms with Gasteiger partial charge in [0.2, 0.25) is 5.91 Å². The summed E-state index contributed by atoms with van der Waals surface area (Å²) in [5.41, 5.74) is 3.50. The first-order valence-corrected chi connectivity index (χ1v) is 13.0. The van der Waals surface area contributed by atoms with Gasteiger partial charge in [-0.2, -0.15) is 11.8 Å². The molecule has 0 spiro atoms. The highest BCUT2D eigenvalue weighted by molar-refractivity contribution is 7.99. The number of ether oxygens (including phenoxy) is 1. The van der Waals surface area contributed by atoms with Gasteiger partial charge in [-0.3, -0.25) is 14.5 Å². The highest BCUT2D eigenvalue weighted by Gasteiger charge is 2.35. The maximum Gasteiger partial charge on any atom is 0.414 e. The summed E-state index contributed by atoms with van der Waals surface area (Å²) in [5, 5.41) is 2.75. The van der Waals surface area contributed by atoms with Crippen LogP contribution in [0.25, 0.3) is 0 Å². The molecule has 2 amide bonds. The van der Waals surface area contributed by atoms with Crippen LogP contribution in [0, 0.1) is 19.7 Å². The number of aryl methyl sites for hydroxylation is 2. The van der Waals surface area contributed by atoms with E-state index in [4.69, 9.17) is 4.74 Å². The quantitative estimate of drug-likeness (QED) is 0.551. The van der Waals surface area contributed by atoms with Crippen molar-refractivity contribution < 1.29 is 23.5 Å². The summed E-state index contributed by atoms with van der Waals surface area (Å²) >= 11 is 1.82. The zero-order valence-corrected chi connectivity index (χ0v) is 20.8. The molecule has 186 valence electrons. The van der Waals surface area contributed by atoms with Gasteiger partial charge in [0.05, 0.1) is 24.5 Å². The number of para-hydroxylation sites is 1. The second kappa shape index (κ2) is 11.1. The Bertz CT molecular complexity index is 1120. The zero-order valence-electron chi connectivity index (χ0n) is 20.0. The molecule has 35 heavy (non-hydrogen) atoms. The first-order valence-electron chi connectivity index (χ1n) is 11.8. The van der Waals surface area contributed by atoms with Crippen LogP contribution in [0.15, 0.2) is 36.4 Å². The number of benzene rings is 2. The highest BCUT2D eigenvalue weighted by atomic mass is 32.2. The first kappa shape index (κ1) is 25.0. The minimum atomic E-state index is -0.562. The van der Waals surface area contributed by atoms with Crippen molar-refractivity contribution in [2.24, 2.45) is 0 Å². The molecule has 0 radical (unpaired) electrons. The second-order valence-electron chi connectivity index (χ2n) is 8.87. The average molecular weight is 500 g/mol. The summed E-state index contributed by atoms with van der Waals surface area (Å²) in [7, 11) is 0. The first-order chi connectivity index (χ1) is 16.8. The number of thioether (sulfide) groups is 1. The summed E-state index contributed by atoms with van der Waals surface area (Å²) in [6.07, 6.45) is -0.966. The number of anilines is 2. The van der Waals surface area contributed by atoms with Crippen molar-refractivity contribution >= 4 is 40.9 Å². The van der Waals surface area contributed by atoms with E-state index in [0.29, 0.717) is 30.0 Å². The molecule has 1 atom stereocenters. The minimum Gasteiger partial charge on any atom is -0.442 e. The summed E-state index contributed by atoms with van der Waals surface area (Å²) in [6.45, 7) is 5.61. The molecule has 0 saturated carbocycles. The molecule has 0 aromatic heterocycles. The number of cyclic esters (lactones) is 1. The lowest BCUT2D eigenvalue weighted by Gasteiger charge is -2.32. The fraction of sp³-hybridized carbons (Fsp3) is 0.423. The predicted molar refractivity (Wildman–Crippen MR) is 136 cm³/mol. The molecular formula is C26H30FN3O4S. The summed E-state index contributed by atoms with van der Waals surface area (Å²) < 4.78 is 20.2. The Hall–Kier alpha value is -3.07. The molecule has 2 aromatic carbocycles. The van der Waals surface area contributed by atoms with Gasteiger partial charge in [-0.25, -0.2) is 9.18 Å². The molecule has 2 saturated heterocycles. The molecule has 1 unspecified atom stereocenters. The number of halogens is 1. The van der Waals surface area contributed by atoms with Crippen molar-refractivity contribution in [1.29, 1.82) is 0 Å². The highest BCUT2D eigenvalue weighted by Crippen LogP contribution is 2.35. The number of rotatable bonds is 8. The SMILES string of the molecule is Cc1ccc(C(=O)CCC(=O)NCC2CN(c3cccc(F)c3N3CCSCC3)C(=O)O2)c(C)c1. The largest absolute Gasteiger partial charge is 0.442 e. The lowest BCUT2D eigenvalue weighted by molar-refractivity contribution is -0.121. The molecule has 0 aliphatic carbocycles. The lowest BCUT2D eigenvalue weighted by Crippen LogP contribution is -2.36. The van der Waals surface area contributed by atoms with Crippen LogP contribution in [0.5, 0.6) is 0 Å². The predicted octanol–water partition coefficient (Wildman–Crippen LogP) is 4.10. The molecule has 2 heterocycles. The lowest BCUT2D eigenvalue weighted by atomic mass is 9.99. The second-order valence-corrected chi connectivity index (χ2v) is 10.1. The van der Waals surface area contributed by atoms with Gasteiger partial charge in [-0.1, -0.05) is 29.8 Å². The van der Waals surface area contributed by atoms with E-state index in [-0.39, 0.29) is 43.4 Å². The Morgan fingerprint density at radius 2 is 1.91 bits per heavy atom. The third-order valence-electron chi connectivity index (χ3n) is 6.25. The Balaban J connectivity index is 1.32. The smallest absolute Gasteiger partial charge is 0.414 e. The van der Waals surface area contributed by atoms with Crippen molar-refractivity contribution in [3.8, 4) is 0 Å². The summed E-state index contributed by atoms with van der Waals surface area (Å²) in [4.78, 5) is 40.8. The van der Waals surface area contributed by atoms with Gasteiger partial charge in [0.25, 0.3) is 0 Å². The number of nitrogens with one attached hydrogen (secondary N) is 1. The fourth-order valence-corrected chi connectivity index (χ4v) is 5.35. The Kier molecular flexibility index (Phi) is 7.95.